The molecule has 0 fully saturated rings. The Morgan fingerprint density at radius 2 is 1.19 bits per heavy atom. The molecule has 1 spiro atoms. The molecule has 2 heterocycles. The summed E-state index contributed by atoms with van der Waals surface area (Å²) in [5, 5.41) is 0. The topological polar surface area (TPSA) is 20.3 Å². The van der Waals surface area contributed by atoms with Crippen molar-refractivity contribution in [3.05, 3.63) is 148 Å². The summed E-state index contributed by atoms with van der Waals surface area (Å²) in [6.45, 7) is 13.5. The number of para-hydroxylation sites is 3. The third-order valence-electron chi connectivity index (χ3n) is 9.57. The summed E-state index contributed by atoms with van der Waals surface area (Å²) in [4.78, 5) is 17.1. The molecule has 0 bridgehead atoms. The molecule has 0 saturated heterocycles. The Kier molecular flexibility index (Phi) is 5.61. The first-order valence-corrected chi connectivity index (χ1v) is 17.5. The van der Waals surface area contributed by atoms with Crippen LogP contribution in [0.5, 0.6) is 0 Å². The normalized spacial score (nSPS) is 18.0. The van der Waals surface area contributed by atoms with E-state index < -0.39 is 26.3 Å². The molecule has 0 radical (unpaired) electrons. The third kappa shape index (κ3) is 3.62. The van der Waals surface area contributed by atoms with Crippen molar-refractivity contribution in [2.45, 2.75) is 57.8 Å². The molecular formula is C40H35NOTe. The Hall–Kier alpha value is -3.64. The fourth-order valence-electron chi connectivity index (χ4n) is 7.40. The second-order valence-corrected chi connectivity index (χ2v) is 17.3. The Balaban J connectivity index is 1.57. The van der Waals surface area contributed by atoms with E-state index in [1.807, 2.05) is 0 Å². The van der Waals surface area contributed by atoms with Crippen molar-refractivity contribution in [3.8, 4) is 0 Å². The van der Waals surface area contributed by atoms with Gasteiger partial charge in [0.2, 0.25) is 0 Å². The van der Waals surface area contributed by atoms with E-state index in [9.17, 15) is 4.79 Å². The average Bonchev–Trinajstić information content (AvgIpc) is 2.99. The number of hydrogen-bond donors (Lipinski definition) is 0. The van der Waals surface area contributed by atoms with Crippen LogP contribution in [0.2, 0.25) is 0 Å². The summed E-state index contributed by atoms with van der Waals surface area (Å²) in [7, 11) is 0. The van der Waals surface area contributed by atoms with Crippen LogP contribution in [0.3, 0.4) is 0 Å². The van der Waals surface area contributed by atoms with Crippen LogP contribution in [-0.2, 0) is 16.2 Å². The van der Waals surface area contributed by atoms with Gasteiger partial charge in [-0.15, -0.1) is 0 Å². The van der Waals surface area contributed by atoms with Gasteiger partial charge >= 0.3 is 266 Å². The molecule has 1 atom stereocenters. The minimum atomic E-state index is -0.617. The van der Waals surface area contributed by atoms with E-state index in [0.717, 1.165) is 22.3 Å². The quantitative estimate of drug-likeness (QED) is 0.152. The van der Waals surface area contributed by atoms with Gasteiger partial charge in [0.15, 0.2) is 0 Å². The summed E-state index contributed by atoms with van der Waals surface area (Å²) < 4.78 is 2.92. The average molecular weight is 673 g/mol. The van der Waals surface area contributed by atoms with Crippen molar-refractivity contribution in [2.75, 3.05) is 4.90 Å². The van der Waals surface area contributed by atoms with Crippen LogP contribution in [0, 0.1) is 0 Å². The molecule has 3 heteroatoms. The number of nitrogens with zero attached hydrogens (tertiary/aromatic N) is 1. The number of benzene rings is 5. The fraction of sp³-hybridized carbons (Fsp3) is 0.225. The van der Waals surface area contributed by atoms with Gasteiger partial charge in [0.05, 0.1) is 0 Å². The van der Waals surface area contributed by atoms with Gasteiger partial charge in [-0.3, -0.25) is 0 Å². The summed E-state index contributed by atoms with van der Waals surface area (Å²) in [6, 6.07) is 38.2. The molecule has 212 valence electrons. The summed E-state index contributed by atoms with van der Waals surface area (Å²) in [5.41, 5.74) is 11.9. The number of anilines is 3. The van der Waals surface area contributed by atoms with Crippen LogP contribution in [0.15, 0.2) is 103 Å². The zero-order valence-corrected chi connectivity index (χ0v) is 27.9. The first-order valence-electron chi connectivity index (χ1n) is 15.2. The number of hydrogen-bond acceptors (Lipinski definition) is 2. The molecule has 2 nitrogen and oxygen atoms in total. The van der Waals surface area contributed by atoms with Crippen LogP contribution < -0.4 is 12.1 Å². The molecule has 1 aliphatic carbocycles. The third-order valence-corrected chi connectivity index (χ3v) is 12.8. The van der Waals surface area contributed by atoms with Crippen LogP contribution in [0.4, 0.5) is 17.1 Å². The van der Waals surface area contributed by atoms with Gasteiger partial charge < -0.3 is 0 Å². The predicted molar refractivity (Wildman–Crippen MR) is 179 cm³/mol. The second-order valence-electron chi connectivity index (χ2n) is 14.2. The Bertz CT molecular complexity index is 2010. The number of ketones is 1. The first kappa shape index (κ1) is 26.9. The molecule has 1 unspecified atom stereocenters. The molecular weight excluding hydrogens is 638 g/mol. The number of carbonyl (C=O) groups excluding carboxylic acids is 1. The van der Waals surface area contributed by atoms with Gasteiger partial charge in [-0.05, 0) is 0 Å². The van der Waals surface area contributed by atoms with Gasteiger partial charge in [-0.1, -0.05) is 0 Å². The van der Waals surface area contributed by atoms with Crippen molar-refractivity contribution in [1.29, 1.82) is 0 Å². The van der Waals surface area contributed by atoms with E-state index >= 15 is 0 Å². The van der Waals surface area contributed by atoms with Crippen molar-refractivity contribution < 1.29 is 4.79 Å². The summed E-state index contributed by atoms with van der Waals surface area (Å²) in [5.74, 6) is 0.131. The van der Waals surface area contributed by atoms with Gasteiger partial charge in [-0.25, -0.2) is 0 Å². The maximum absolute atomic E-state index is 14.6. The van der Waals surface area contributed by atoms with Gasteiger partial charge in [0.1, 0.15) is 0 Å². The Morgan fingerprint density at radius 1 is 0.558 bits per heavy atom. The number of fused-ring (bicyclic) bond motifs is 10. The van der Waals surface area contributed by atoms with Gasteiger partial charge in [0, 0.05) is 0 Å². The van der Waals surface area contributed by atoms with Crippen LogP contribution in [0.1, 0.15) is 90.8 Å². The predicted octanol–water partition coefficient (Wildman–Crippen LogP) is 7.96. The molecule has 8 rings (SSSR count). The molecule has 5 aromatic rings. The fourth-order valence-corrected chi connectivity index (χ4v) is 10.5. The monoisotopic (exact) mass is 675 g/mol. The molecule has 0 amide bonds. The molecule has 0 saturated carbocycles. The summed E-state index contributed by atoms with van der Waals surface area (Å²) >= 11 is -0.600. The van der Waals surface area contributed by atoms with Crippen molar-refractivity contribution in [3.63, 3.8) is 0 Å². The standard InChI is InChI=1S/C40H35NOTe/c1-38(2,3)24-19-21-28-27(22-24)37(42)26-20-18-25(39(4,5)6)23-31(26)40(28)29-12-7-8-14-32(29)41-33-15-9-10-16-34(33)43-35-17-11-13-30(40)36(35)41/h7-23H,1-6H3. The van der Waals surface area contributed by atoms with E-state index in [-0.39, 0.29) is 16.6 Å². The van der Waals surface area contributed by atoms with Crippen LogP contribution in [-0.4, -0.2) is 26.7 Å². The first-order chi connectivity index (χ1) is 20.5. The molecule has 43 heavy (non-hydrogen) atoms. The van der Waals surface area contributed by atoms with Crippen molar-refractivity contribution in [1.82, 2.24) is 0 Å². The molecule has 0 N–H and O–H groups in total. The van der Waals surface area contributed by atoms with Gasteiger partial charge in [0.25, 0.3) is 0 Å². The van der Waals surface area contributed by atoms with E-state index in [4.69, 9.17) is 0 Å². The summed E-state index contributed by atoms with van der Waals surface area (Å²) in [6.07, 6.45) is 0. The molecule has 3 aliphatic rings. The second kappa shape index (κ2) is 8.95. The van der Waals surface area contributed by atoms with Crippen molar-refractivity contribution in [2.24, 2.45) is 0 Å². The van der Waals surface area contributed by atoms with E-state index in [1.54, 1.807) is 0 Å². The minimum absolute atomic E-state index is 0.0582. The molecule has 5 aromatic carbocycles. The van der Waals surface area contributed by atoms with Gasteiger partial charge in [-0.2, -0.15) is 0 Å². The maximum atomic E-state index is 14.6. The zero-order chi connectivity index (χ0) is 29.9. The van der Waals surface area contributed by atoms with Crippen LogP contribution >= 0.6 is 0 Å². The van der Waals surface area contributed by atoms with Crippen LogP contribution in [0.25, 0.3) is 0 Å². The van der Waals surface area contributed by atoms with E-state index in [1.165, 1.54) is 46.5 Å². The number of carbonyl (C=O) groups is 1. The van der Waals surface area contributed by atoms with Crippen molar-refractivity contribution >= 4 is 51.0 Å². The zero-order valence-electron chi connectivity index (χ0n) is 25.6. The number of rotatable bonds is 0. The Labute approximate surface area is 264 Å². The molecule has 0 aromatic heterocycles. The Morgan fingerprint density at radius 3 is 1.95 bits per heavy atom. The van der Waals surface area contributed by atoms with E-state index in [0.29, 0.717) is 0 Å². The SMILES string of the molecule is CC(C)(C)c1ccc2c(c1)C(=O)c1ccc(C(C)(C)C)cc1C21c2ccccc2N2c3ccccc3[Te]c3cccc1c32. The van der Waals surface area contributed by atoms with E-state index in [2.05, 4.69) is 150 Å². The molecule has 2 aliphatic heterocycles.